The second kappa shape index (κ2) is 3.88. The molecule has 0 saturated carbocycles. The van der Waals surface area contributed by atoms with Crippen LogP contribution in [0.4, 0.5) is 0 Å². The molecule has 1 atom stereocenters. The third-order valence-corrected chi connectivity index (χ3v) is 2.40. The number of Topliss-reactive ketones (excluding diaryl/α,β-unsaturated/α-hetero) is 1. The molecule has 1 aromatic rings. The van der Waals surface area contributed by atoms with E-state index >= 15 is 0 Å². The fourth-order valence-corrected chi connectivity index (χ4v) is 1.61. The number of carbonyl (C=O) groups excluding carboxylic acids is 1. The highest BCUT2D eigenvalue weighted by Crippen LogP contribution is 2.21. The SMILES string of the molecule is CC(=O)c1noc(C2CCCNC2)n1. The molecule has 0 radical (unpaired) electrons. The standard InChI is InChI=1S/C9H13N3O2/c1-6(13)8-11-9(14-12-8)7-3-2-4-10-5-7/h7,10H,2-5H2,1H3. The van der Waals surface area contributed by atoms with Gasteiger partial charge in [0.2, 0.25) is 17.5 Å². The van der Waals surface area contributed by atoms with Gasteiger partial charge in [0.15, 0.2) is 0 Å². The minimum absolute atomic E-state index is 0.149. The molecule has 1 unspecified atom stereocenters. The predicted molar refractivity (Wildman–Crippen MR) is 49.1 cm³/mol. The molecule has 5 nitrogen and oxygen atoms in total. The average Bonchev–Trinajstić information content (AvgIpc) is 2.68. The van der Waals surface area contributed by atoms with Gasteiger partial charge in [-0.05, 0) is 19.4 Å². The summed E-state index contributed by atoms with van der Waals surface area (Å²) in [4.78, 5) is 15.0. The van der Waals surface area contributed by atoms with E-state index in [1.807, 2.05) is 0 Å². The van der Waals surface area contributed by atoms with Crippen molar-refractivity contribution in [2.75, 3.05) is 13.1 Å². The summed E-state index contributed by atoms with van der Waals surface area (Å²) in [5, 5.41) is 6.89. The van der Waals surface area contributed by atoms with Crippen LogP contribution in [-0.4, -0.2) is 29.0 Å². The third kappa shape index (κ3) is 1.82. The van der Waals surface area contributed by atoms with Gasteiger partial charge >= 0.3 is 0 Å². The van der Waals surface area contributed by atoms with Crippen molar-refractivity contribution in [2.24, 2.45) is 0 Å². The molecule has 1 fully saturated rings. The summed E-state index contributed by atoms with van der Waals surface area (Å²) >= 11 is 0. The molecule has 1 aliphatic heterocycles. The minimum Gasteiger partial charge on any atom is -0.339 e. The monoisotopic (exact) mass is 195 g/mol. The molecule has 2 rings (SSSR count). The summed E-state index contributed by atoms with van der Waals surface area (Å²) in [5.41, 5.74) is 0. The summed E-state index contributed by atoms with van der Waals surface area (Å²) in [6.07, 6.45) is 2.16. The van der Waals surface area contributed by atoms with Gasteiger partial charge < -0.3 is 9.84 Å². The molecule has 1 aromatic heterocycles. The Balaban J connectivity index is 2.11. The van der Waals surface area contributed by atoms with Crippen molar-refractivity contribution in [2.45, 2.75) is 25.7 Å². The Kier molecular flexibility index (Phi) is 2.58. The van der Waals surface area contributed by atoms with Crippen molar-refractivity contribution in [3.05, 3.63) is 11.7 Å². The van der Waals surface area contributed by atoms with Gasteiger partial charge in [0.05, 0.1) is 5.92 Å². The third-order valence-electron chi connectivity index (χ3n) is 2.40. The van der Waals surface area contributed by atoms with Crippen LogP contribution in [0.1, 0.15) is 42.2 Å². The van der Waals surface area contributed by atoms with Gasteiger partial charge in [-0.15, -0.1) is 0 Å². The molecule has 0 aromatic carbocycles. The minimum atomic E-state index is -0.149. The van der Waals surface area contributed by atoms with Crippen LogP contribution in [-0.2, 0) is 0 Å². The molecular formula is C9H13N3O2. The largest absolute Gasteiger partial charge is 0.339 e. The molecule has 2 heterocycles. The molecule has 1 saturated heterocycles. The summed E-state index contributed by atoms with van der Waals surface area (Å²) in [6, 6.07) is 0. The first-order valence-electron chi connectivity index (χ1n) is 4.82. The van der Waals surface area contributed by atoms with Gasteiger partial charge in [-0.1, -0.05) is 5.16 Å². The highest BCUT2D eigenvalue weighted by molar-refractivity contribution is 5.89. The van der Waals surface area contributed by atoms with Gasteiger partial charge in [0, 0.05) is 13.5 Å². The van der Waals surface area contributed by atoms with E-state index in [4.69, 9.17) is 4.52 Å². The first-order valence-corrected chi connectivity index (χ1v) is 4.82. The molecule has 1 aliphatic rings. The summed E-state index contributed by atoms with van der Waals surface area (Å²) in [5.74, 6) is 0.890. The topological polar surface area (TPSA) is 68.0 Å². The Morgan fingerprint density at radius 2 is 2.50 bits per heavy atom. The average molecular weight is 195 g/mol. The highest BCUT2D eigenvalue weighted by atomic mass is 16.5. The van der Waals surface area contributed by atoms with Crippen LogP contribution in [0.3, 0.4) is 0 Å². The second-order valence-electron chi connectivity index (χ2n) is 3.56. The number of ketones is 1. The number of hydrogen-bond donors (Lipinski definition) is 1. The number of hydrogen-bond acceptors (Lipinski definition) is 5. The second-order valence-corrected chi connectivity index (χ2v) is 3.56. The Labute approximate surface area is 81.9 Å². The van der Waals surface area contributed by atoms with Crippen molar-refractivity contribution in [1.82, 2.24) is 15.5 Å². The lowest BCUT2D eigenvalue weighted by molar-refractivity contribution is 0.100. The van der Waals surface area contributed by atoms with E-state index in [2.05, 4.69) is 15.5 Å². The van der Waals surface area contributed by atoms with E-state index in [1.54, 1.807) is 0 Å². The van der Waals surface area contributed by atoms with Crippen molar-refractivity contribution >= 4 is 5.78 Å². The fourth-order valence-electron chi connectivity index (χ4n) is 1.61. The van der Waals surface area contributed by atoms with E-state index in [9.17, 15) is 4.79 Å². The molecule has 76 valence electrons. The quantitative estimate of drug-likeness (QED) is 0.705. The molecule has 1 N–H and O–H groups in total. The maximum Gasteiger partial charge on any atom is 0.238 e. The zero-order chi connectivity index (χ0) is 9.97. The number of nitrogens with one attached hydrogen (secondary N) is 1. The Morgan fingerprint density at radius 3 is 3.07 bits per heavy atom. The van der Waals surface area contributed by atoms with Crippen LogP contribution in [0.5, 0.6) is 0 Å². The zero-order valence-corrected chi connectivity index (χ0v) is 8.12. The lowest BCUT2D eigenvalue weighted by Crippen LogP contribution is -2.28. The number of aromatic nitrogens is 2. The number of carbonyl (C=O) groups is 1. The maximum absolute atomic E-state index is 10.9. The van der Waals surface area contributed by atoms with Gasteiger partial charge in [-0.3, -0.25) is 4.79 Å². The molecule has 14 heavy (non-hydrogen) atoms. The molecule has 0 aliphatic carbocycles. The van der Waals surface area contributed by atoms with Crippen molar-refractivity contribution in [1.29, 1.82) is 0 Å². The summed E-state index contributed by atoms with van der Waals surface area (Å²) < 4.78 is 5.04. The molecule has 5 heteroatoms. The maximum atomic E-state index is 10.9. The number of piperidine rings is 1. The van der Waals surface area contributed by atoms with Crippen LogP contribution < -0.4 is 5.32 Å². The van der Waals surface area contributed by atoms with Crippen LogP contribution in [0, 0.1) is 0 Å². The highest BCUT2D eigenvalue weighted by Gasteiger charge is 2.22. The first kappa shape index (κ1) is 9.33. The Morgan fingerprint density at radius 1 is 1.64 bits per heavy atom. The fraction of sp³-hybridized carbons (Fsp3) is 0.667. The molecule has 0 bridgehead atoms. The Hall–Kier alpha value is -1.23. The summed E-state index contributed by atoms with van der Waals surface area (Å²) in [6.45, 7) is 3.34. The lowest BCUT2D eigenvalue weighted by Gasteiger charge is -2.18. The van der Waals surface area contributed by atoms with Crippen molar-refractivity contribution < 1.29 is 9.32 Å². The van der Waals surface area contributed by atoms with Gasteiger partial charge in [0.25, 0.3) is 0 Å². The van der Waals surface area contributed by atoms with E-state index in [1.165, 1.54) is 6.92 Å². The number of rotatable bonds is 2. The lowest BCUT2D eigenvalue weighted by atomic mass is 10.00. The first-order chi connectivity index (χ1) is 6.77. The normalized spacial score (nSPS) is 22.2. The van der Waals surface area contributed by atoms with E-state index < -0.39 is 0 Å². The van der Waals surface area contributed by atoms with Gasteiger partial charge in [0.1, 0.15) is 0 Å². The molecule has 0 spiro atoms. The van der Waals surface area contributed by atoms with Crippen molar-refractivity contribution in [3.8, 4) is 0 Å². The predicted octanol–water partition coefficient (Wildman–Crippen LogP) is 0.739. The molecule has 0 amide bonds. The van der Waals surface area contributed by atoms with Gasteiger partial charge in [-0.2, -0.15) is 4.98 Å². The zero-order valence-electron chi connectivity index (χ0n) is 8.12. The van der Waals surface area contributed by atoms with Crippen LogP contribution >= 0.6 is 0 Å². The Bertz CT molecular complexity index is 329. The van der Waals surface area contributed by atoms with Gasteiger partial charge in [-0.25, -0.2) is 0 Å². The smallest absolute Gasteiger partial charge is 0.238 e. The number of nitrogens with zero attached hydrogens (tertiary/aromatic N) is 2. The van der Waals surface area contributed by atoms with E-state index in [0.29, 0.717) is 5.89 Å². The van der Waals surface area contributed by atoms with Crippen LogP contribution in [0.25, 0.3) is 0 Å². The summed E-state index contributed by atoms with van der Waals surface area (Å²) in [7, 11) is 0. The van der Waals surface area contributed by atoms with E-state index in [-0.39, 0.29) is 17.5 Å². The van der Waals surface area contributed by atoms with Crippen LogP contribution in [0.15, 0.2) is 4.52 Å². The molecular weight excluding hydrogens is 182 g/mol. The van der Waals surface area contributed by atoms with Crippen molar-refractivity contribution in [3.63, 3.8) is 0 Å². The van der Waals surface area contributed by atoms with Crippen LogP contribution in [0.2, 0.25) is 0 Å². The van der Waals surface area contributed by atoms with E-state index in [0.717, 1.165) is 25.9 Å².